The Hall–Kier alpha value is -0.570. The lowest BCUT2D eigenvalue weighted by Gasteiger charge is -2.12. The monoisotopic (exact) mass is 415 g/mol. The van der Waals surface area contributed by atoms with Crippen molar-refractivity contribution in [2.45, 2.75) is 52.0 Å². The third-order valence-electron chi connectivity index (χ3n) is 2.69. The first kappa shape index (κ1) is 22.7. The van der Waals surface area contributed by atoms with Gasteiger partial charge in [-0.25, -0.2) is 0 Å². The minimum Gasteiger partial charge on any atom is -0.466 e. The molecule has 1 atom stereocenters. The van der Waals surface area contributed by atoms with Gasteiger partial charge in [-0.15, -0.1) is 24.0 Å². The zero-order valence-corrected chi connectivity index (χ0v) is 15.7. The summed E-state index contributed by atoms with van der Waals surface area (Å²) in [5.74, 6) is 0.354. The number of nitrogens with zero attached hydrogens (tertiary/aromatic N) is 1. The van der Waals surface area contributed by atoms with Gasteiger partial charge < -0.3 is 20.5 Å². The highest BCUT2D eigenvalue weighted by Gasteiger charge is 2.02. The summed E-state index contributed by atoms with van der Waals surface area (Å²) in [6, 6.07) is 0.160. The lowest BCUT2D eigenvalue weighted by molar-refractivity contribution is -0.143. The molecule has 7 heteroatoms. The van der Waals surface area contributed by atoms with E-state index in [4.69, 9.17) is 15.2 Å². The lowest BCUT2D eigenvalue weighted by atomic mass is 10.1. The van der Waals surface area contributed by atoms with Gasteiger partial charge in [-0.1, -0.05) is 12.8 Å². The van der Waals surface area contributed by atoms with Crippen molar-refractivity contribution in [1.82, 2.24) is 5.32 Å². The topological polar surface area (TPSA) is 85.9 Å². The molecule has 0 aliphatic heterocycles. The predicted octanol–water partition coefficient (Wildman–Crippen LogP) is 2.06. The molecule has 1 unspecified atom stereocenters. The molecule has 0 rings (SSSR count). The summed E-state index contributed by atoms with van der Waals surface area (Å²) in [5, 5.41) is 3.05. The quantitative estimate of drug-likeness (QED) is 0.177. The van der Waals surface area contributed by atoms with Gasteiger partial charge >= 0.3 is 5.97 Å². The van der Waals surface area contributed by atoms with Crippen molar-refractivity contribution in [2.24, 2.45) is 10.7 Å². The molecular formula is C14H30IN3O3. The van der Waals surface area contributed by atoms with Crippen molar-refractivity contribution in [3.8, 4) is 0 Å². The molecule has 0 aromatic rings. The van der Waals surface area contributed by atoms with E-state index in [-0.39, 0.29) is 36.0 Å². The molecule has 126 valence electrons. The molecule has 0 fully saturated rings. The van der Waals surface area contributed by atoms with Crippen molar-refractivity contribution < 1.29 is 14.3 Å². The van der Waals surface area contributed by atoms with E-state index < -0.39 is 0 Å². The van der Waals surface area contributed by atoms with Crippen LogP contribution in [0.4, 0.5) is 0 Å². The van der Waals surface area contributed by atoms with Gasteiger partial charge in [0.15, 0.2) is 5.96 Å². The molecule has 0 saturated heterocycles. The molecule has 0 amide bonds. The zero-order valence-electron chi connectivity index (χ0n) is 13.4. The van der Waals surface area contributed by atoms with Crippen LogP contribution in [-0.2, 0) is 14.3 Å². The Labute approximate surface area is 145 Å². The van der Waals surface area contributed by atoms with Crippen molar-refractivity contribution in [2.75, 3.05) is 26.9 Å². The van der Waals surface area contributed by atoms with Crippen LogP contribution in [0.3, 0.4) is 0 Å². The molecule has 3 N–H and O–H groups in total. The number of ether oxygens (including phenoxy) is 2. The highest BCUT2D eigenvalue weighted by Crippen LogP contribution is 2.04. The van der Waals surface area contributed by atoms with E-state index in [1.54, 1.807) is 7.11 Å². The normalized spacial score (nSPS) is 12.4. The largest absolute Gasteiger partial charge is 0.466 e. The molecule has 6 nitrogen and oxygen atoms in total. The second kappa shape index (κ2) is 15.8. The van der Waals surface area contributed by atoms with Crippen molar-refractivity contribution in [1.29, 1.82) is 0 Å². The van der Waals surface area contributed by atoms with Crippen LogP contribution in [0.5, 0.6) is 0 Å². The zero-order chi connectivity index (χ0) is 15.2. The Kier molecular flexibility index (Phi) is 17.1. The Morgan fingerprint density at radius 1 is 1.29 bits per heavy atom. The maximum atomic E-state index is 11.1. The summed E-state index contributed by atoms with van der Waals surface area (Å²) < 4.78 is 9.86. The van der Waals surface area contributed by atoms with Gasteiger partial charge in [0.1, 0.15) is 0 Å². The standard InChI is InChI=1S/C14H29N3O3.HI/c1-4-20-13(18)9-7-5-6-8-10-16-14(15)17-12(2)11-19-3;/h12H,4-11H2,1-3H3,(H3,15,16,17);1H. The number of esters is 1. The van der Waals surface area contributed by atoms with Crippen LogP contribution in [-0.4, -0.2) is 44.8 Å². The summed E-state index contributed by atoms with van der Waals surface area (Å²) in [7, 11) is 1.65. The number of guanidine groups is 1. The summed E-state index contributed by atoms with van der Waals surface area (Å²) >= 11 is 0. The number of halogens is 1. The fraction of sp³-hybridized carbons (Fsp3) is 0.857. The third-order valence-corrected chi connectivity index (χ3v) is 2.69. The van der Waals surface area contributed by atoms with Gasteiger partial charge in [0, 0.05) is 26.1 Å². The van der Waals surface area contributed by atoms with Crippen LogP contribution >= 0.6 is 24.0 Å². The number of methoxy groups -OCH3 is 1. The highest BCUT2D eigenvalue weighted by atomic mass is 127. The first-order valence-corrected chi connectivity index (χ1v) is 7.31. The second-order valence-electron chi connectivity index (χ2n) is 4.74. The SMILES string of the molecule is CCOC(=O)CCCCCCN=C(N)NC(C)COC.I. The summed E-state index contributed by atoms with van der Waals surface area (Å²) in [5.41, 5.74) is 5.74. The Morgan fingerprint density at radius 2 is 1.95 bits per heavy atom. The van der Waals surface area contributed by atoms with E-state index in [0.29, 0.717) is 32.1 Å². The van der Waals surface area contributed by atoms with Crippen LogP contribution < -0.4 is 11.1 Å². The van der Waals surface area contributed by atoms with Crippen molar-refractivity contribution in [3.63, 3.8) is 0 Å². The number of carbonyl (C=O) groups is 1. The number of rotatable bonds is 11. The van der Waals surface area contributed by atoms with Crippen LogP contribution in [0, 0.1) is 0 Å². The van der Waals surface area contributed by atoms with E-state index in [2.05, 4.69) is 10.3 Å². The Bertz CT molecular complexity index is 289. The molecule has 0 heterocycles. The van der Waals surface area contributed by atoms with E-state index in [1.807, 2.05) is 13.8 Å². The number of hydrogen-bond donors (Lipinski definition) is 2. The number of aliphatic imine (C=N–C) groups is 1. The van der Waals surface area contributed by atoms with Gasteiger partial charge in [0.05, 0.1) is 13.2 Å². The van der Waals surface area contributed by atoms with Gasteiger partial charge in [-0.2, -0.15) is 0 Å². The van der Waals surface area contributed by atoms with Gasteiger partial charge in [-0.3, -0.25) is 9.79 Å². The molecule has 0 spiro atoms. The first-order valence-electron chi connectivity index (χ1n) is 7.31. The lowest BCUT2D eigenvalue weighted by Crippen LogP contribution is -2.40. The third kappa shape index (κ3) is 15.6. The van der Waals surface area contributed by atoms with E-state index in [1.165, 1.54) is 0 Å². The van der Waals surface area contributed by atoms with Crippen molar-refractivity contribution >= 4 is 35.9 Å². The molecule has 0 aromatic carbocycles. The molecular weight excluding hydrogens is 385 g/mol. The molecule has 0 aliphatic rings. The first-order chi connectivity index (χ1) is 9.60. The molecule has 21 heavy (non-hydrogen) atoms. The van der Waals surface area contributed by atoms with Crippen LogP contribution in [0.15, 0.2) is 4.99 Å². The van der Waals surface area contributed by atoms with E-state index in [9.17, 15) is 4.79 Å². The van der Waals surface area contributed by atoms with E-state index in [0.717, 1.165) is 25.7 Å². The smallest absolute Gasteiger partial charge is 0.305 e. The summed E-state index contributed by atoms with van der Waals surface area (Å²) in [6.45, 7) is 5.58. The minimum absolute atomic E-state index is 0. The van der Waals surface area contributed by atoms with Crippen molar-refractivity contribution in [3.05, 3.63) is 0 Å². The molecule has 0 saturated carbocycles. The second-order valence-corrected chi connectivity index (χ2v) is 4.74. The highest BCUT2D eigenvalue weighted by molar-refractivity contribution is 14.0. The van der Waals surface area contributed by atoms with Gasteiger partial charge in [-0.05, 0) is 26.7 Å². The number of unbranched alkanes of at least 4 members (excludes halogenated alkanes) is 3. The average molecular weight is 415 g/mol. The fourth-order valence-electron chi connectivity index (χ4n) is 1.76. The number of carbonyl (C=O) groups excluding carboxylic acids is 1. The van der Waals surface area contributed by atoms with Gasteiger partial charge in [0.2, 0.25) is 0 Å². The van der Waals surface area contributed by atoms with Crippen LogP contribution in [0.25, 0.3) is 0 Å². The number of hydrogen-bond acceptors (Lipinski definition) is 4. The number of nitrogens with one attached hydrogen (secondary N) is 1. The van der Waals surface area contributed by atoms with E-state index >= 15 is 0 Å². The maximum Gasteiger partial charge on any atom is 0.305 e. The Morgan fingerprint density at radius 3 is 2.57 bits per heavy atom. The molecule has 0 aromatic heterocycles. The summed E-state index contributed by atoms with van der Waals surface area (Å²) in [6.07, 6.45) is 4.42. The van der Waals surface area contributed by atoms with Crippen LogP contribution in [0.2, 0.25) is 0 Å². The fourth-order valence-corrected chi connectivity index (χ4v) is 1.76. The predicted molar refractivity (Wildman–Crippen MR) is 96.1 cm³/mol. The maximum absolute atomic E-state index is 11.1. The minimum atomic E-state index is -0.105. The van der Waals surface area contributed by atoms with Crippen LogP contribution in [0.1, 0.15) is 46.0 Å². The average Bonchev–Trinajstić information content (AvgIpc) is 2.38. The number of nitrogens with two attached hydrogens (primary N) is 1. The molecule has 0 bridgehead atoms. The van der Waals surface area contributed by atoms with Gasteiger partial charge in [0.25, 0.3) is 0 Å². The molecule has 0 aliphatic carbocycles. The Balaban J connectivity index is 0. The summed E-state index contributed by atoms with van der Waals surface area (Å²) in [4.78, 5) is 15.3. The molecule has 0 radical (unpaired) electrons.